The molecule has 1 amide bonds. The van der Waals surface area contributed by atoms with Crippen LogP contribution in [0.25, 0.3) is 0 Å². The van der Waals surface area contributed by atoms with Gasteiger partial charge in [-0.25, -0.2) is 0 Å². The molecule has 2 rings (SSSR count). The van der Waals surface area contributed by atoms with E-state index in [0.717, 1.165) is 5.56 Å². The lowest BCUT2D eigenvalue weighted by Crippen LogP contribution is -2.30. The molecule has 3 nitrogen and oxygen atoms in total. The second-order valence-corrected chi connectivity index (χ2v) is 4.96. The van der Waals surface area contributed by atoms with Crippen LogP contribution in [-0.4, -0.2) is 34.8 Å². The lowest BCUT2D eigenvalue weighted by molar-refractivity contribution is -0.128. The van der Waals surface area contributed by atoms with Crippen LogP contribution in [-0.2, 0) is 4.79 Å². The Morgan fingerprint density at radius 1 is 1.56 bits per heavy atom. The van der Waals surface area contributed by atoms with Gasteiger partial charge < -0.3 is 10.0 Å². The van der Waals surface area contributed by atoms with Crippen molar-refractivity contribution in [1.29, 1.82) is 0 Å². The number of carbonyl (C=O) groups excluding carboxylic acids is 1. The van der Waals surface area contributed by atoms with Crippen molar-refractivity contribution in [3.05, 3.63) is 35.4 Å². The minimum absolute atomic E-state index is 0.0224. The molecule has 1 unspecified atom stereocenters. The molecule has 4 heteroatoms. The van der Waals surface area contributed by atoms with E-state index in [1.54, 1.807) is 16.7 Å². The summed E-state index contributed by atoms with van der Waals surface area (Å²) in [5, 5.41) is 9.03. The maximum atomic E-state index is 11.6. The zero-order valence-corrected chi connectivity index (χ0v) is 10.0. The van der Waals surface area contributed by atoms with Gasteiger partial charge in [-0.15, -0.1) is 11.8 Å². The van der Waals surface area contributed by atoms with E-state index in [9.17, 15) is 4.79 Å². The Morgan fingerprint density at radius 3 is 3.06 bits per heavy atom. The quantitative estimate of drug-likeness (QED) is 0.867. The second kappa shape index (κ2) is 4.89. The molecule has 0 bridgehead atoms. The Bertz CT molecular complexity index is 394. The molecule has 1 atom stereocenters. The molecule has 0 spiro atoms. The predicted molar refractivity (Wildman–Crippen MR) is 65.2 cm³/mol. The normalized spacial score (nSPS) is 20.5. The Morgan fingerprint density at radius 2 is 2.38 bits per heavy atom. The number of rotatable bonds is 3. The fraction of sp³-hybridized carbons (Fsp3) is 0.417. The number of aliphatic hydroxyl groups is 1. The summed E-state index contributed by atoms with van der Waals surface area (Å²) in [6.07, 6.45) is 0. The van der Waals surface area contributed by atoms with Crippen LogP contribution in [0, 0.1) is 6.92 Å². The van der Waals surface area contributed by atoms with Gasteiger partial charge in [-0.2, -0.15) is 0 Å². The van der Waals surface area contributed by atoms with E-state index in [4.69, 9.17) is 5.11 Å². The highest BCUT2D eigenvalue weighted by atomic mass is 32.2. The average molecular weight is 237 g/mol. The molecule has 16 heavy (non-hydrogen) atoms. The van der Waals surface area contributed by atoms with Gasteiger partial charge in [0.05, 0.1) is 12.4 Å². The van der Waals surface area contributed by atoms with Crippen LogP contribution >= 0.6 is 11.8 Å². The molecular formula is C12H15NO2S. The fourth-order valence-electron chi connectivity index (χ4n) is 1.90. The van der Waals surface area contributed by atoms with E-state index in [-0.39, 0.29) is 17.9 Å². The minimum atomic E-state index is 0.0224. The van der Waals surface area contributed by atoms with Gasteiger partial charge in [-0.05, 0) is 12.5 Å². The first-order valence-corrected chi connectivity index (χ1v) is 6.36. The second-order valence-electron chi connectivity index (χ2n) is 3.89. The summed E-state index contributed by atoms with van der Waals surface area (Å²) in [7, 11) is 0. The number of β-amino-alcohol motifs (C(OH)–C–C–N with tert-alkyl or cyclic N) is 1. The molecule has 0 saturated carbocycles. The molecule has 1 aliphatic heterocycles. The molecule has 1 aromatic rings. The summed E-state index contributed by atoms with van der Waals surface area (Å²) in [5.41, 5.74) is 2.34. The van der Waals surface area contributed by atoms with Crippen molar-refractivity contribution in [3.63, 3.8) is 0 Å². The Balaban J connectivity index is 2.23. The first-order chi connectivity index (χ1) is 7.72. The van der Waals surface area contributed by atoms with E-state index in [1.165, 1.54) is 5.56 Å². The van der Waals surface area contributed by atoms with Crippen LogP contribution in [0.15, 0.2) is 24.3 Å². The van der Waals surface area contributed by atoms with Gasteiger partial charge in [0.15, 0.2) is 0 Å². The monoisotopic (exact) mass is 237 g/mol. The molecule has 1 heterocycles. The van der Waals surface area contributed by atoms with Crippen LogP contribution in [0.5, 0.6) is 0 Å². The molecule has 1 saturated heterocycles. The van der Waals surface area contributed by atoms with E-state index in [2.05, 4.69) is 6.07 Å². The van der Waals surface area contributed by atoms with E-state index < -0.39 is 0 Å². The number of nitrogens with zero attached hydrogens (tertiary/aromatic N) is 1. The van der Waals surface area contributed by atoms with Crippen molar-refractivity contribution in [2.45, 2.75) is 12.3 Å². The van der Waals surface area contributed by atoms with E-state index in [1.807, 2.05) is 25.1 Å². The van der Waals surface area contributed by atoms with Crippen molar-refractivity contribution in [2.24, 2.45) is 0 Å². The van der Waals surface area contributed by atoms with Gasteiger partial charge in [0.2, 0.25) is 5.91 Å². The summed E-state index contributed by atoms with van der Waals surface area (Å²) in [6.45, 7) is 2.49. The number of amides is 1. The third-order valence-corrected chi connectivity index (χ3v) is 3.89. The first-order valence-electron chi connectivity index (χ1n) is 5.31. The molecule has 86 valence electrons. The zero-order valence-electron chi connectivity index (χ0n) is 9.22. The molecule has 1 N–H and O–H groups in total. The van der Waals surface area contributed by atoms with Gasteiger partial charge in [-0.1, -0.05) is 29.8 Å². The molecule has 1 aromatic carbocycles. The van der Waals surface area contributed by atoms with Crippen LogP contribution in [0.1, 0.15) is 16.5 Å². The van der Waals surface area contributed by atoms with Crippen molar-refractivity contribution in [1.82, 2.24) is 4.90 Å². The molecule has 1 fully saturated rings. The van der Waals surface area contributed by atoms with Crippen molar-refractivity contribution in [3.8, 4) is 0 Å². The zero-order chi connectivity index (χ0) is 11.5. The van der Waals surface area contributed by atoms with Gasteiger partial charge in [-0.3, -0.25) is 4.79 Å². The largest absolute Gasteiger partial charge is 0.395 e. The summed E-state index contributed by atoms with van der Waals surface area (Å²) < 4.78 is 0. The standard InChI is InChI=1S/C12H15NO2S/c1-9-3-2-4-10(7-9)12-13(5-6-14)11(15)8-16-12/h2-4,7,12,14H,5-6,8H2,1H3. The molecule has 0 aliphatic carbocycles. The van der Waals surface area contributed by atoms with Crippen LogP contribution in [0.2, 0.25) is 0 Å². The van der Waals surface area contributed by atoms with Gasteiger partial charge >= 0.3 is 0 Å². The number of thioether (sulfide) groups is 1. The third-order valence-electron chi connectivity index (χ3n) is 2.64. The topological polar surface area (TPSA) is 40.5 Å². The average Bonchev–Trinajstić information content (AvgIpc) is 2.61. The van der Waals surface area contributed by atoms with Gasteiger partial charge in [0, 0.05) is 6.54 Å². The first kappa shape index (κ1) is 11.5. The smallest absolute Gasteiger partial charge is 0.233 e. The van der Waals surface area contributed by atoms with Crippen molar-refractivity contribution < 1.29 is 9.90 Å². The van der Waals surface area contributed by atoms with Crippen molar-refractivity contribution >= 4 is 17.7 Å². The number of benzene rings is 1. The number of carbonyl (C=O) groups is 1. The summed E-state index contributed by atoms with van der Waals surface area (Å²) in [5.74, 6) is 0.629. The lowest BCUT2D eigenvalue weighted by Gasteiger charge is -2.23. The number of aliphatic hydroxyl groups excluding tert-OH is 1. The molecular weight excluding hydrogens is 222 g/mol. The minimum Gasteiger partial charge on any atom is -0.395 e. The predicted octanol–water partition coefficient (Wildman–Crippen LogP) is 1.56. The number of aryl methyl sites for hydroxylation is 1. The van der Waals surface area contributed by atoms with E-state index >= 15 is 0 Å². The van der Waals surface area contributed by atoms with Crippen molar-refractivity contribution in [2.75, 3.05) is 18.9 Å². The SMILES string of the molecule is Cc1cccc(C2SCC(=O)N2CCO)c1. The highest BCUT2D eigenvalue weighted by Gasteiger charge is 2.32. The number of hydrogen-bond acceptors (Lipinski definition) is 3. The molecule has 0 aromatic heterocycles. The maximum absolute atomic E-state index is 11.6. The summed E-state index contributed by atoms with van der Waals surface area (Å²) in [4.78, 5) is 13.4. The number of hydrogen-bond donors (Lipinski definition) is 1. The Kier molecular flexibility index (Phi) is 3.51. The fourth-order valence-corrected chi connectivity index (χ4v) is 3.11. The highest BCUT2D eigenvalue weighted by Crippen LogP contribution is 2.38. The van der Waals surface area contributed by atoms with Crippen LogP contribution in [0.4, 0.5) is 0 Å². The molecule has 1 aliphatic rings. The molecule has 0 radical (unpaired) electrons. The maximum Gasteiger partial charge on any atom is 0.233 e. The van der Waals surface area contributed by atoms with Gasteiger partial charge in [0.1, 0.15) is 5.37 Å². The summed E-state index contributed by atoms with van der Waals surface area (Å²) in [6, 6.07) is 8.18. The third kappa shape index (κ3) is 2.23. The van der Waals surface area contributed by atoms with Gasteiger partial charge in [0.25, 0.3) is 0 Å². The summed E-state index contributed by atoms with van der Waals surface area (Å²) >= 11 is 1.63. The van der Waals surface area contributed by atoms with Crippen LogP contribution < -0.4 is 0 Å². The Labute approximate surface area is 99.5 Å². The Hall–Kier alpha value is -1.00. The highest BCUT2D eigenvalue weighted by molar-refractivity contribution is 8.00. The van der Waals surface area contributed by atoms with Crippen LogP contribution in [0.3, 0.4) is 0 Å². The van der Waals surface area contributed by atoms with E-state index in [0.29, 0.717) is 12.3 Å². The lowest BCUT2D eigenvalue weighted by atomic mass is 10.1.